The van der Waals surface area contributed by atoms with Crippen LogP contribution in [0, 0.1) is 5.82 Å². The van der Waals surface area contributed by atoms with E-state index in [1.807, 2.05) is 95.3 Å². The minimum Gasteiger partial charge on any atom is -0.408 e. The van der Waals surface area contributed by atoms with Crippen molar-refractivity contribution in [1.82, 2.24) is 4.73 Å². The molecule has 0 radical (unpaired) electrons. The van der Waals surface area contributed by atoms with Crippen LogP contribution in [0.5, 0.6) is 0 Å². The van der Waals surface area contributed by atoms with E-state index in [-0.39, 0.29) is 17.6 Å². The van der Waals surface area contributed by atoms with Gasteiger partial charge in [-0.25, -0.2) is 4.39 Å². The van der Waals surface area contributed by atoms with E-state index in [1.165, 1.54) is 12.1 Å². The molecule has 0 bridgehead atoms. The maximum absolute atomic E-state index is 13.9. The Morgan fingerprint density at radius 1 is 0.857 bits per heavy atom. The molecule has 1 aromatic heterocycles. The molecule has 180 valence electrons. The smallest absolute Gasteiger partial charge is 0.258 e. The second-order valence-electron chi connectivity index (χ2n) is 9.83. The maximum Gasteiger partial charge on any atom is 0.258 e. The Hall–Kier alpha value is -3.86. The Kier molecular flexibility index (Phi) is 6.79. The standard InChI is InChI=1S/C30H31FN2O2/c1-20(2)27-26(29(34)32-24-14-10-7-11-15-24)25(21-12-8-6-9-13-21)28(33(27)35-30(3,4)5)22-16-18-23(31)19-17-22/h6-20H,1-5H3,(H,32,34). The number of rotatable bonds is 6. The van der Waals surface area contributed by atoms with Crippen LogP contribution in [0.3, 0.4) is 0 Å². The van der Waals surface area contributed by atoms with Crippen LogP contribution in [-0.2, 0) is 0 Å². The van der Waals surface area contributed by atoms with E-state index in [4.69, 9.17) is 4.84 Å². The van der Waals surface area contributed by atoms with E-state index in [2.05, 4.69) is 5.32 Å². The van der Waals surface area contributed by atoms with E-state index in [0.717, 1.165) is 22.4 Å². The topological polar surface area (TPSA) is 43.3 Å². The highest BCUT2D eigenvalue weighted by Crippen LogP contribution is 2.42. The van der Waals surface area contributed by atoms with Gasteiger partial charge in [0.2, 0.25) is 0 Å². The molecule has 0 aliphatic carbocycles. The first kappa shape index (κ1) is 24.3. The van der Waals surface area contributed by atoms with Gasteiger partial charge in [0.05, 0.1) is 17.0 Å². The normalized spacial score (nSPS) is 11.5. The number of aromatic nitrogens is 1. The third kappa shape index (κ3) is 5.29. The lowest BCUT2D eigenvalue weighted by Crippen LogP contribution is -2.33. The minimum atomic E-state index is -0.543. The fraction of sp³-hybridized carbons (Fsp3) is 0.233. The van der Waals surface area contributed by atoms with Crippen LogP contribution in [-0.4, -0.2) is 16.2 Å². The summed E-state index contributed by atoms with van der Waals surface area (Å²) in [6.07, 6.45) is 0. The number of amides is 1. The van der Waals surface area contributed by atoms with Gasteiger partial charge in [-0.2, -0.15) is 4.73 Å². The van der Waals surface area contributed by atoms with E-state index >= 15 is 0 Å². The summed E-state index contributed by atoms with van der Waals surface area (Å²) in [6, 6.07) is 25.5. The molecule has 1 N–H and O–H groups in total. The molecule has 0 fully saturated rings. The Morgan fingerprint density at radius 3 is 1.97 bits per heavy atom. The fourth-order valence-corrected chi connectivity index (χ4v) is 4.16. The average molecular weight is 471 g/mol. The van der Waals surface area contributed by atoms with Crippen LogP contribution < -0.4 is 10.2 Å². The monoisotopic (exact) mass is 470 g/mol. The van der Waals surface area contributed by atoms with Crippen LogP contribution in [0.15, 0.2) is 84.9 Å². The zero-order valence-electron chi connectivity index (χ0n) is 20.8. The zero-order valence-corrected chi connectivity index (χ0v) is 20.8. The minimum absolute atomic E-state index is 0.0365. The first-order valence-corrected chi connectivity index (χ1v) is 11.8. The first-order chi connectivity index (χ1) is 16.7. The van der Waals surface area contributed by atoms with Gasteiger partial charge < -0.3 is 10.2 Å². The third-order valence-corrected chi connectivity index (χ3v) is 5.52. The molecule has 0 unspecified atom stereocenters. The second kappa shape index (κ2) is 9.79. The number of nitrogens with one attached hydrogen (secondary N) is 1. The summed E-state index contributed by atoms with van der Waals surface area (Å²) < 4.78 is 15.7. The molecule has 0 aliphatic heterocycles. The highest BCUT2D eigenvalue weighted by atomic mass is 19.1. The number of benzene rings is 3. The van der Waals surface area contributed by atoms with Crippen molar-refractivity contribution in [1.29, 1.82) is 0 Å². The lowest BCUT2D eigenvalue weighted by Gasteiger charge is -2.26. The van der Waals surface area contributed by atoms with Gasteiger partial charge in [0.25, 0.3) is 5.91 Å². The van der Waals surface area contributed by atoms with Crippen molar-refractivity contribution in [3.63, 3.8) is 0 Å². The average Bonchev–Trinajstić information content (AvgIpc) is 3.14. The molecule has 35 heavy (non-hydrogen) atoms. The Labute approximate surface area is 206 Å². The molecule has 4 rings (SSSR count). The lowest BCUT2D eigenvalue weighted by atomic mass is 9.94. The Morgan fingerprint density at radius 2 is 1.43 bits per heavy atom. The number of nitrogens with zero attached hydrogens (tertiary/aromatic N) is 1. The molecule has 4 nitrogen and oxygen atoms in total. The molecular formula is C30H31FN2O2. The number of hydrogen-bond donors (Lipinski definition) is 1. The molecule has 0 spiro atoms. The van der Waals surface area contributed by atoms with Crippen LogP contribution in [0.2, 0.25) is 0 Å². The number of carbonyl (C=O) groups excluding carboxylic acids is 1. The second-order valence-corrected chi connectivity index (χ2v) is 9.83. The molecule has 0 aliphatic rings. The van der Waals surface area contributed by atoms with Crippen LogP contribution >= 0.6 is 0 Å². The fourth-order valence-electron chi connectivity index (χ4n) is 4.16. The summed E-state index contributed by atoms with van der Waals surface area (Å²) in [5.41, 5.74) is 4.56. The van der Waals surface area contributed by atoms with Crippen molar-refractivity contribution in [2.45, 2.75) is 46.1 Å². The summed E-state index contributed by atoms with van der Waals surface area (Å²) in [7, 11) is 0. The van der Waals surface area contributed by atoms with E-state index < -0.39 is 5.60 Å². The molecule has 1 heterocycles. The van der Waals surface area contributed by atoms with E-state index in [1.54, 1.807) is 16.9 Å². The van der Waals surface area contributed by atoms with Crippen molar-refractivity contribution in [3.05, 3.63) is 102 Å². The lowest BCUT2D eigenvalue weighted by molar-refractivity contribution is -0.0168. The predicted octanol–water partition coefficient (Wildman–Crippen LogP) is 7.56. The SMILES string of the molecule is CC(C)c1c(C(=O)Nc2ccccc2)c(-c2ccccc2)c(-c2ccc(F)cc2)n1OC(C)(C)C. The highest BCUT2D eigenvalue weighted by Gasteiger charge is 2.33. The molecule has 5 heteroatoms. The maximum atomic E-state index is 13.9. The molecule has 4 aromatic rings. The van der Waals surface area contributed by atoms with Crippen LogP contribution in [0.1, 0.15) is 56.6 Å². The Balaban J connectivity index is 2.07. The summed E-state index contributed by atoms with van der Waals surface area (Å²) in [4.78, 5) is 20.4. The number of hydrogen-bond acceptors (Lipinski definition) is 2. The van der Waals surface area contributed by atoms with Gasteiger partial charge in [-0.15, -0.1) is 0 Å². The van der Waals surface area contributed by atoms with E-state index in [9.17, 15) is 9.18 Å². The zero-order chi connectivity index (χ0) is 25.2. The van der Waals surface area contributed by atoms with Crippen molar-refractivity contribution >= 4 is 11.6 Å². The molecule has 1 amide bonds. The van der Waals surface area contributed by atoms with Crippen molar-refractivity contribution in [3.8, 4) is 22.4 Å². The van der Waals surface area contributed by atoms with Gasteiger partial charge in [0, 0.05) is 16.8 Å². The van der Waals surface area contributed by atoms with Gasteiger partial charge in [-0.05, 0) is 68.7 Å². The highest BCUT2D eigenvalue weighted by molar-refractivity contribution is 6.12. The van der Waals surface area contributed by atoms with Crippen molar-refractivity contribution in [2.75, 3.05) is 5.32 Å². The summed E-state index contributed by atoms with van der Waals surface area (Å²) in [6.45, 7) is 9.99. The third-order valence-electron chi connectivity index (χ3n) is 5.52. The predicted molar refractivity (Wildman–Crippen MR) is 140 cm³/mol. The van der Waals surface area contributed by atoms with Gasteiger partial charge in [0.1, 0.15) is 11.4 Å². The first-order valence-electron chi connectivity index (χ1n) is 11.8. The molecule has 3 aromatic carbocycles. The van der Waals surface area contributed by atoms with Crippen molar-refractivity contribution in [2.24, 2.45) is 0 Å². The van der Waals surface area contributed by atoms with Crippen LogP contribution in [0.4, 0.5) is 10.1 Å². The quantitative estimate of drug-likeness (QED) is 0.316. The molecular weight excluding hydrogens is 439 g/mol. The molecule has 0 saturated heterocycles. The summed E-state index contributed by atoms with van der Waals surface area (Å²) in [5, 5.41) is 3.06. The number of halogens is 1. The molecule has 0 saturated carbocycles. The van der Waals surface area contributed by atoms with Crippen LogP contribution in [0.25, 0.3) is 22.4 Å². The number of carbonyl (C=O) groups is 1. The van der Waals surface area contributed by atoms with Gasteiger partial charge >= 0.3 is 0 Å². The van der Waals surface area contributed by atoms with Gasteiger partial charge in [0.15, 0.2) is 0 Å². The Bertz CT molecular complexity index is 1300. The number of para-hydroxylation sites is 1. The summed E-state index contributed by atoms with van der Waals surface area (Å²) in [5.74, 6) is -0.583. The number of anilines is 1. The van der Waals surface area contributed by atoms with Gasteiger partial charge in [-0.1, -0.05) is 62.4 Å². The van der Waals surface area contributed by atoms with Crippen molar-refractivity contribution < 1.29 is 14.0 Å². The molecule has 0 atom stereocenters. The van der Waals surface area contributed by atoms with Gasteiger partial charge in [-0.3, -0.25) is 4.79 Å². The van der Waals surface area contributed by atoms with E-state index in [0.29, 0.717) is 16.9 Å². The summed E-state index contributed by atoms with van der Waals surface area (Å²) >= 11 is 0. The largest absolute Gasteiger partial charge is 0.408 e.